The highest BCUT2D eigenvalue weighted by atomic mass is 32.1. The summed E-state index contributed by atoms with van der Waals surface area (Å²) in [5.41, 5.74) is 6.11. The first-order valence-corrected chi connectivity index (χ1v) is 8.58. The molecule has 1 aliphatic rings. The molecule has 1 aromatic heterocycles. The van der Waals surface area contributed by atoms with Gasteiger partial charge in [0.1, 0.15) is 0 Å². The minimum absolute atomic E-state index is 0.105. The second-order valence-electron chi connectivity index (χ2n) is 7.60. The van der Waals surface area contributed by atoms with Gasteiger partial charge >= 0.3 is 0 Å². The standard InChI is InChI=1S/C17H29NOS/c1-12-7-9-17(11-18,10-8-12)15(19)13-5-6-14(20-13)16(2,3)4/h5-6,12,15,19H,7-11,18H2,1-4H3. The Morgan fingerprint density at radius 1 is 1.35 bits per heavy atom. The molecule has 3 heteroatoms. The number of aliphatic hydroxyl groups is 1. The number of aliphatic hydroxyl groups excluding tert-OH is 1. The van der Waals surface area contributed by atoms with Gasteiger partial charge < -0.3 is 10.8 Å². The molecule has 0 bridgehead atoms. The lowest BCUT2D eigenvalue weighted by Crippen LogP contribution is -2.39. The fraction of sp³-hybridized carbons (Fsp3) is 0.765. The van der Waals surface area contributed by atoms with Crippen LogP contribution in [-0.2, 0) is 5.41 Å². The van der Waals surface area contributed by atoms with Gasteiger partial charge in [0.05, 0.1) is 6.10 Å². The van der Waals surface area contributed by atoms with E-state index in [1.807, 2.05) is 0 Å². The van der Waals surface area contributed by atoms with E-state index in [9.17, 15) is 5.11 Å². The number of rotatable bonds is 3. The maximum Gasteiger partial charge on any atom is 0.0950 e. The smallest absolute Gasteiger partial charge is 0.0950 e. The van der Waals surface area contributed by atoms with Crippen molar-refractivity contribution < 1.29 is 5.11 Å². The number of hydrogen-bond donors (Lipinski definition) is 2. The molecule has 1 aliphatic carbocycles. The van der Waals surface area contributed by atoms with E-state index in [2.05, 4.69) is 39.8 Å². The Labute approximate surface area is 127 Å². The molecule has 0 radical (unpaired) electrons. The average molecular weight is 295 g/mol. The van der Waals surface area contributed by atoms with Crippen molar-refractivity contribution in [1.82, 2.24) is 0 Å². The fourth-order valence-electron chi connectivity index (χ4n) is 3.13. The molecular formula is C17H29NOS. The van der Waals surface area contributed by atoms with Crippen molar-refractivity contribution in [2.45, 2.75) is 64.9 Å². The quantitative estimate of drug-likeness (QED) is 0.876. The Kier molecular flexibility index (Phi) is 4.63. The molecule has 20 heavy (non-hydrogen) atoms. The summed E-state index contributed by atoms with van der Waals surface area (Å²) in [5, 5.41) is 10.9. The van der Waals surface area contributed by atoms with Crippen LogP contribution in [0.5, 0.6) is 0 Å². The summed E-state index contributed by atoms with van der Waals surface area (Å²) in [6.45, 7) is 9.54. The molecule has 1 aromatic rings. The summed E-state index contributed by atoms with van der Waals surface area (Å²) in [4.78, 5) is 2.43. The lowest BCUT2D eigenvalue weighted by atomic mass is 9.67. The molecule has 3 N–H and O–H groups in total. The van der Waals surface area contributed by atoms with Crippen molar-refractivity contribution in [1.29, 1.82) is 0 Å². The summed E-state index contributed by atoms with van der Waals surface area (Å²) in [6.07, 6.45) is 4.07. The van der Waals surface area contributed by atoms with Gasteiger partial charge in [-0.05, 0) is 36.3 Å². The molecule has 2 rings (SSSR count). The van der Waals surface area contributed by atoms with Crippen LogP contribution in [0.2, 0.25) is 0 Å². The van der Waals surface area contributed by atoms with E-state index < -0.39 is 6.10 Å². The van der Waals surface area contributed by atoms with Crippen LogP contribution in [0.1, 0.15) is 69.2 Å². The van der Waals surface area contributed by atoms with E-state index in [1.54, 1.807) is 11.3 Å². The normalized spacial score (nSPS) is 29.4. The van der Waals surface area contributed by atoms with Crippen LogP contribution in [0, 0.1) is 11.3 Å². The first kappa shape index (κ1) is 16.0. The van der Waals surface area contributed by atoms with E-state index >= 15 is 0 Å². The van der Waals surface area contributed by atoms with Gasteiger partial charge in [-0.2, -0.15) is 0 Å². The lowest BCUT2D eigenvalue weighted by molar-refractivity contribution is -0.00590. The van der Waals surface area contributed by atoms with Gasteiger partial charge in [-0.3, -0.25) is 0 Å². The van der Waals surface area contributed by atoms with Crippen molar-refractivity contribution >= 4 is 11.3 Å². The third-order valence-electron chi connectivity index (χ3n) is 4.89. The van der Waals surface area contributed by atoms with Crippen molar-refractivity contribution in [3.63, 3.8) is 0 Å². The van der Waals surface area contributed by atoms with E-state index in [4.69, 9.17) is 5.73 Å². The zero-order valence-electron chi connectivity index (χ0n) is 13.3. The maximum absolute atomic E-state index is 10.9. The van der Waals surface area contributed by atoms with Crippen molar-refractivity contribution in [3.05, 3.63) is 21.9 Å². The number of nitrogens with two attached hydrogens (primary N) is 1. The Hall–Kier alpha value is -0.380. The second kappa shape index (κ2) is 5.78. The highest BCUT2D eigenvalue weighted by Crippen LogP contribution is 2.48. The Balaban J connectivity index is 2.20. The first-order valence-electron chi connectivity index (χ1n) is 7.77. The Morgan fingerprint density at radius 2 is 1.95 bits per heavy atom. The summed E-state index contributed by atoms with van der Waals surface area (Å²) in [5.74, 6) is 0.773. The molecule has 1 heterocycles. The van der Waals surface area contributed by atoms with Gasteiger partial charge in [-0.25, -0.2) is 0 Å². The van der Waals surface area contributed by atoms with Crippen LogP contribution in [0.15, 0.2) is 12.1 Å². The molecule has 1 saturated carbocycles. The zero-order valence-corrected chi connectivity index (χ0v) is 14.1. The van der Waals surface area contributed by atoms with Crippen LogP contribution in [0.3, 0.4) is 0 Å². The summed E-state index contributed by atoms with van der Waals surface area (Å²) >= 11 is 1.75. The summed E-state index contributed by atoms with van der Waals surface area (Å²) in [6, 6.07) is 4.27. The molecule has 0 aromatic carbocycles. The second-order valence-corrected chi connectivity index (χ2v) is 8.72. The molecule has 1 fully saturated rings. The third kappa shape index (κ3) is 3.10. The predicted molar refractivity (Wildman–Crippen MR) is 87.1 cm³/mol. The molecule has 0 aliphatic heterocycles. The minimum atomic E-state index is -0.402. The molecule has 0 saturated heterocycles. The summed E-state index contributed by atoms with van der Waals surface area (Å²) in [7, 11) is 0. The molecule has 114 valence electrons. The lowest BCUT2D eigenvalue weighted by Gasteiger charge is -2.41. The maximum atomic E-state index is 10.9. The van der Waals surface area contributed by atoms with E-state index in [0.29, 0.717) is 6.54 Å². The van der Waals surface area contributed by atoms with Crippen LogP contribution in [0.25, 0.3) is 0 Å². The van der Waals surface area contributed by atoms with Crippen LogP contribution in [-0.4, -0.2) is 11.7 Å². The zero-order chi connectivity index (χ0) is 15.0. The molecule has 1 atom stereocenters. The monoisotopic (exact) mass is 295 g/mol. The van der Waals surface area contributed by atoms with Crippen molar-refractivity contribution in [2.75, 3.05) is 6.54 Å². The first-order chi connectivity index (χ1) is 9.28. The SMILES string of the molecule is CC1CCC(CN)(C(O)c2ccc(C(C)(C)C)s2)CC1. The number of hydrogen-bond acceptors (Lipinski definition) is 3. The van der Waals surface area contributed by atoms with Crippen molar-refractivity contribution in [2.24, 2.45) is 17.1 Å². The van der Waals surface area contributed by atoms with Crippen LogP contribution < -0.4 is 5.73 Å². The third-order valence-corrected chi connectivity index (χ3v) is 6.46. The van der Waals surface area contributed by atoms with Gasteiger partial charge in [-0.1, -0.05) is 40.5 Å². The summed E-state index contributed by atoms with van der Waals surface area (Å²) < 4.78 is 0. The van der Waals surface area contributed by atoms with Gasteiger partial charge in [0, 0.05) is 21.7 Å². The Bertz CT molecular complexity index is 438. The van der Waals surface area contributed by atoms with Gasteiger partial charge in [-0.15, -0.1) is 11.3 Å². The predicted octanol–water partition coefficient (Wildman–Crippen LogP) is 4.23. The largest absolute Gasteiger partial charge is 0.387 e. The molecule has 2 nitrogen and oxygen atoms in total. The highest BCUT2D eigenvalue weighted by Gasteiger charge is 2.41. The van der Waals surface area contributed by atoms with Crippen LogP contribution in [0.4, 0.5) is 0 Å². The van der Waals surface area contributed by atoms with E-state index in [1.165, 1.54) is 17.7 Å². The van der Waals surface area contributed by atoms with Crippen LogP contribution >= 0.6 is 11.3 Å². The van der Waals surface area contributed by atoms with E-state index in [-0.39, 0.29) is 10.8 Å². The Morgan fingerprint density at radius 3 is 2.40 bits per heavy atom. The topological polar surface area (TPSA) is 46.2 Å². The van der Waals surface area contributed by atoms with Gasteiger partial charge in [0.2, 0.25) is 0 Å². The molecule has 1 unspecified atom stereocenters. The van der Waals surface area contributed by atoms with Crippen molar-refractivity contribution in [3.8, 4) is 0 Å². The number of thiophene rings is 1. The van der Waals surface area contributed by atoms with E-state index in [0.717, 1.165) is 23.6 Å². The average Bonchev–Trinajstić information content (AvgIpc) is 2.89. The van der Waals surface area contributed by atoms with Gasteiger partial charge in [0.15, 0.2) is 0 Å². The van der Waals surface area contributed by atoms with Gasteiger partial charge in [0.25, 0.3) is 0 Å². The minimum Gasteiger partial charge on any atom is -0.387 e. The molecule has 0 spiro atoms. The fourth-order valence-corrected chi connectivity index (χ4v) is 4.32. The highest BCUT2D eigenvalue weighted by molar-refractivity contribution is 7.12. The molecular weight excluding hydrogens is 266 g/mol. The molecule has 0 amide bonds.